The van der Waals surface area contributed by atoms with Crippen molar-refractivity contribution in [3.63, 3.8) is 0 Å². The number of halogens is 2. The number of hydrogen-bond donors (Lipinski definition) is 2. The number of hydrogen-bond acceptors (Lipinski definition) is 2. The van der Waals surface area contributed by atoms with Crippen molar-refractivity contribution >= 4 is 12.0 Å². The average Bonchev–Trinajstić information content (AvgIpc) is 2.55. The van der Waals surface area contributed by atoms with Gasteiger partial charge in [-0.2, -0.15) is 4.99 Å². The number of fused-ring (bicyclic) bond motifs is 1. The maximum atomic E-state index is 14.1. The standard InChI is InChI=1S/C16H15F2N5O/c17-13-2-1-9(10-3-5-21-7-14(10)18)12-8-23(6-4-11(12)13)16(24)22-15(19)20/h1-3,5,7H,4,6,8H2,(H4,19,20,22,24). The van der Waals surface area contributed by atoms with E-state index in [4.69, 9.17) is 11.5 Å². The molecule has 0 aliphatic carbocycles. The Balaban J connectivity index is 2.06. The van der Waals surface area contributed by atoms with Crippen LogP contribution in [0.25, 0.3) is 11.1 Å². The van der Waals surface area contributed by atoms with Gasteiger partial charge in [0.25, 0.3) is 0 Å². The van der Waals surface area contributed by atoms with Gasteiger partial charge in [0.1, 0.15) is 11.6 Å². The zero-order valence-corrected chi connectivity index (χ0v) is 12.7. The van der Waals surface area contributed by atoms with Gasteiger partial charge in [-0.1, -0.05) is 6.07 Å². The molecule has 2 aromatic rings. The Bertz CT molecular complexity index is 833. The molecular formula is C16H15F2N5O. The predicted octanol–water partition coefficient (Wildman–Crippen LogP) is 1.78. The molecule has 1 aromatic heterocycles. The van der Waals surface area contributed by atoms with Crippen molar-refractivity contribution < 1.29 is 13.6 Å². The van der Waals surface area contributed by atoms with Gasteiger partial charge >= 0.3 is 6.03 Å². The van der Waals surface area contributed by atoms with Gasteiger partial charge in [-0.05, 0) is 35.2 Å². The Labute approximate surface area is 136 Å². The van der Waals surface area contributed by atoms with E-state index in [0.717, 1.165) is 6.20 Å². The smallest absolute Gasteiger partial charge is 0.347 e. The summed E-state index contributed by atoms with van der Waals surface area (Å²) in [6, 6.07) is 3.72. The fraction of sp³-hybridized carbons (Fsp3) is 0.188. The second-order valence-corrected chi connectivity index (χ2v) is 5.40. The summed E-state index contributed by atoms with van der Waals surface area (Å²) < 4.78 is 28.2. The first-order valence-electron chi connectivity index (χ1n) is 7.26. The topological polar surface area (TPSA) is 97.6 Å². The molecule has 6 nitrogen and oxygen atoms in total. The number of urea groups is 1. The molecule has 1 aliphatic rings. The first-order valence-corrected chi connectivity index (χ1v) is 7.26. The molecule has 0 unspecified atom stereocenters. The highest BCUT2D eigenvalue weighted by atomic mass is 19.1. The molecule has 8 heteroatoms. The van der Waals surface area contributed by atoms with Gasteiger partial charge in [-0.15, -0.1) is 0 Å². The van der Waals surface area contributed by atoms with Crippen molar-refractivity contribution in [1.29, 1.82) is 0 Å². The highest BCUT2D eigenvalue weighted by molar-refractivity contribution is 5.90. The van der Waals surface area contributed by atoms with Crippen LogP contribution in [0.15, 0.2) is 35.6 Å². The number of guanidine groups is 1. The van der Waals surface area contributed by atoms with Crippen LogP contribution in [0.1, 0.15) is 11.1 Å². The fourth-order valence-electron chi connectivity index (χ4n) is 2.82. The minimum Gasteiger partial charge on any atom is -0.370 e. The molecule has 2 heterocycles. The number of carbonyl (C=O) groups excluding carboxylic acids is 1. The van der Waals surface area contributed by atoms with Crippen molar-refractivity contribution in [3.05, 3.63) is 53.4 Å². The van der Waals surface area contributed by atoms with Crippen LogP contribution in [-0.4, -0.2) is 28.4 Å². The normalized spacial score (nSPS) is 13.3. The Morgan fingerprint density at radius 3 is 2.62 bits per heavy atom. The summed E-state index contributed by atoms with van der Waals surface area (Å²) in [5, 5.41) is 0. The molecule has 3 rings (SSSR count). The summed E-state index contributed by atoms with van der Waals surface area (Å²) in [4.78, 5) is 20.6. The first kappa shape index (κ1) is 15.9. The second kappa shape index (κ2) is 6.23. The summed E-state index contributed by atoms with van der Waals surface area (Å²) in [6.45, 7) is 0.377. The van der Waals surface area contributed by atoms with E-state index in [1.165, 1.54) is 29.3 Å². The lowest BCUT2D eigenvalue weighted by Gasteiger charge is -2.29. The molecule has 0 spiro atoms. The van der Waals surface area contributed by atoms with Gasteiger partial charge < -0.3 is 16.4 Å². The zero-order valence-electron chi connectivity index (χ0n) is 12.7. The van der Waals surface area contributed by atoms with Crippen LogP contribution in [0, 0.1) is 11.6 Å². The molecule has 0 saturated heterocycles. The molecule has 2 amide bonds. The number of nitrogens with two attached hydrogens (primary N) is 2. The van der Waals surface area contributed by atoms with Gasteiger partial charge in [0.2, 0.25) is 0 Å². The summed E-state index contributed by atoms with van der Waals surface area (Å²) >= 11 is 0. The van der Waals surface area contributed by atoms with E-state index in [0.29, 0.717) is 28.7 Å². The number of aliphatic imine (C=N–C) groups is 1. The fourth-order valence-corrected chi connectivity index (χ4v) is 2.82. The van der Waals surface area contributed by atoms with Crippen LogP contribution < -0.4 is 11.5 Å². The molecule has 0 fully saturated rings. The minimum atomic E-state index is -0.605. The molecule has 1 aromatic carbocycles. The van der Waals surface area contributed by atoms with Crippen LogP contribution >= 0.6 is 0 Å². The highest BCUT2D eigenvalue weighted by Gasteiger charge is 2.26. The number of rotatable bonds is 1. The SMILES string of the molecule is NC(N)=NC(=O)N1CCc2c(F)ccc(-c3ccncc3F)c2C1. The number of aromatic nitrogens is 1. The van der Waals surface area contributed by atoms with Crippen LogP contribution in [0.2, 0.25) is 0 Å². The van der Waals surface area contributed by atoms with Crippen molar-refractivity contribution in [1.82, 2.24) is 9.88 Å². The third-order valence-corrected chi connectivity index (χ3v) is 3.91. The van der Waals surface area contributed by atoms with Crippen LogP contribution in [0.4, 0.5) is 13.6 Å². The van der Waals surface area contributed by atoms with Gasteiger partial charge in [-0.3, -0.25) is 4.98 Å². The highest BCUT2D eigenvalue weighted by Crippen LogP contribution is 2.33. The summed E-state index contributed by atoms with van der Waals surface area (Å²) in [5.74, 6) is -1.23. The maximum Gasteiger partial charge on any atom is 0.347 e. The van der Waals surface area contributed by atoms with Crippen LogP contribution in [-0.2, 0) is 13.0 Å². The number of nitrogens with zero attached hydrogens (tertiary/aromatic N) is 3. The van der Waals surface area contributed by atoms with Gasteiger partial charge in [0.15, 0.2) is 5.96 Å². The van der Waals surface area contributed by atoms with Crippen molar-refractivity contribution in [2.75, 3.05) is 6.54 Å². The van der Waals surface area contributed by atoms with E-state index < -0.39 is 11.8 Å². The molecule has 124 valence electrons. The van der Waals surface area contributed by atoms with Crippen LogP contribution in [0.3, 0.4) is 0 Å². The lowest BCUT2D eigenvalue weighted by Crippen LogP contribution is -2.37. The van der Waals surface area contributed by atoms with E-state index in [-0.39, 0.29) is 24.9 Å². The lowest BCUT2D eigenvalue weighted by atomic mass is 9.91. The van der Waals surface area contributed by atoms with Gasteiger partial charge in [-0.25, -0.2) is 13.6 Å². The zero-order chi connectivity index (χ0) is 17.3. The number of carbonyl (C=O) groups is 1. The number of benzene rings is 1. The van der Waals surface area contributed by atoms with E-state index in [1.807, 2.05) is 0 Å². The van der Waals surface area contributed by atoms with Crippen molar-refractivity contribution in [2.45, 2.75) is 13.0 Å². The van der Waals surface area contributed by atoms with Crippen molar-refractivity contribution in [3.8, 4) is 11.1 Å². The first-order chi connectivity index (χ1) is 11.5. The Kier molecular flexibility index (Phi) is 4.11. The quantitative estimate of drug-likeness (QED) is 0.615. The molecular weight excluding hydrogens is 316 g/mol. The number of amides is 2. The second-order valence-electron chi connectivity index (χ2n) is 5.40. The van der Waals surface area contributed by atoms with E-state index in [2.05, 4.69) is 9.98 Å². The Hall–Kier alpha value is -3.03. The molecule has 4 N–H and O–H groups in total. The predicted molar refractivity (Wildman–Crippen MR) is 84.9 cm³/mol. The summed E-state index contributed by atoms with van der Waals surface area (Å²) in [7, 11) is 0. The third kappa shape index (κ3) is 2.90. The van der Waals surface area contributed by atoms with E-state index in [9.17, 15) is 13.6 Å². The number of pyridine rings is 1. The van der Waals surface area contributed by atoms with Gasteiger partial charge in [0.05, 0.1) is 6.20 Å². The largest absolute Gasteiger partial charge is 0.370 e. The Morgan fingerprint density at radius 1 is 1.12 bits per heavy atom. The third-order valence-electron chi connectivity index (χ3n) is 3.91. The molecule has 0 radical (unpaired) electrons. The molecule has 0 saturated carbocycles. The monoisotopic (exact) mass is 331 g/mol. The Morgan fingerprint density at radius 2 is 1.92 bits per heavy atom. The molecule has 0 bridgehead atoms. The van der Waals surface area contributed by atoms with Crippen molar-refractivity contribution in [2.24, 2.45) is 16.5 Å². The summed E-state index contributed by atoms with van der Waals surface area (Å²) in [5.41, 5.74) is 12.3. The maximum absolute atomic E-state index is 14.1. The minimum absolute atomic E-state index is 0.0970. The molecule has 0 atom stereocenters. The molecule has 1 aliphatic heterocycles. The van der Waals surface area contributed by atoms with E-state index in [1.54, 1.807) is 0 Å². The lowest BCUT2D eigenvalue weighted by molar-refractivity contribution is 0.202. The van der Waals surface area contributed by atoms with E-state index >= 15 is 0 Å². The van der Waals surface area contributed by atoms with Gasteiger partial charge in [0, 0.05) is 24.8 Å². The summed E-state index contributed by atoms with van der Waals surface area (Å²) in [6.07, 6.45) is 2.85. The molecule has 24 heavy (non-hydrogen) atoms. The van der Waals surface area contributed by atoms with Crippen LogP contribution in [0.5, 0.6) is 0 Å². The average molecular weight is 331 g/mol.